The van der Waals surface area contributed by atoms with E-state index in [4.69, 9.17) is 11.6 Å². The molecule has 1 heterocycles. The van der Waals surface area contributed by atoms with Crippen molar-refractivity contribution in [1.82, 2.24) is 0 Å². The molecule has 7 nitrogen and oxygen atoms in total. The van der Waals surface area contributed by atoms with Crippen LogP contribution in [0.1, 0.15) is 34.3 Å². The van der Waals surface area contributed by atoms with Crippen molar-refractivity contribution in [2.75, 3.05) is 21.5 Å². The van der Waals surface area contributed by atoms with Gasteiger partial charge >= 0.3 is 0 Å². The predicted octanol–water partition coefficient (Wildman–Crippen LogP) is 5.14. The standard InChI is InChI=1S/C25H24ClN3O4S/c1-16-5-3-6-22(17(16)2)28-34(32,33)23-15-18(8-13-21(23)26)25(31)27-19-9-11-20(12-10-19)29-14-4-7-24(29)30/h3,5-6,8-13,15,28H,4,7,14H2,1-2H3,(H,27,31). The Labute approximate surface area is 203 Å². The summed E-state index contributed by atoms with van der Waals surface area (Å²) < 4.78 is 28.7. The number of hydrogen-bond acceptors (Lipinski definition) is 4. The van der Waals surface area contributed by atoms with Crippen LogP contribution in [0.2, 0.25) is 5.02 Å². The van der Waals surface area contributed by atoms with Gasteiger partial charge in [0.15, 0.2) is 0 Å². The van der Waals surface area contributed by atoms with Crippen molar-refractivity contribution in [3.63, 3.8) is 0 Å². The van der Waals surface area contributed by atoms with E-state index in [1.807, 2.05) is 19.9 Å². The molecule has 9 heteroatoms. The van der Waals surface area contributed by atoms with Crippen LogP contribution in [-0.2, 0) is 14.8 Å². The average molecular weight is 498 g/mol. The van der Waals surface area contributed by atoms with Crippen LogP contribution in [0.5, 0.6) is 0 Å². The van der Waals surface area contributed by atoms with Crippen molar-refractivity contribution in [1.29, 1.82) is 0 Å². The summed E-state index contributed by atoms with van der Waals surface area (Å²) in [4.78, 5) is 26.2. The van der Waals surface area contributed by atoms with E-state index in [0.717, 1.165) is 23.2 Å². The second-order valence-corrected chi connectivity index (χ2v) is 10.2. The molecule has 2 N–H and O–H groups in total. The fourth-order valence-electron chi connectivity index (χ4n) is 3.76. The highest BCUT2D eigenvalue weighted by molar-refractivity contribution is 7.92. The molecule has 0 spiro atoms. The molecule has 1 aliphatic heterocycles. The van der Waals surface area contributed by atoms with Gasteiger partial charge in [-0.2, -0.15) is 0 Å². The summed E-state index contributed by atoms with van der Waals surface area (Å²) in [7, 11) is -4.03. The Hall–Kier alpha value is -3.36. The fraction of sp³-hybridized carbons (Fsp3) is 0.200. The van der Waals surface area contributed by atoms with E-state index in [0.29, 0.717) is 24.3 Å². The molecule has 0 bridgehead atoms. The molecule has 0 atom stereocenters. The van der Waals surface area contributed by atoms with Crippen LogP contribution >= 0.6 is 11.6 Å². The summed E-state index contributed by atoms with van der Waals surface area (Å²) in [6.07, 6.45) is 1.37. The van der Waals surface area contributed by atoms with E-state index < -0.39 is 15.9 Å². The van der Waals surface area contributed by atoms with E-state index in [1.54, 1.807) is 41.3 Å². The number of carbonyl (C=O) groups excluding carboxylic acids is 2. The molecular formula is C25H24ClN3O4S. The minimum Gasteiger partial charge on any atom is -0.322 e. The van der Waals surface area contributed by atoms with Crippen molar-refractivity contribution in [2.24, 2.45) is 0 Å². The summed E-state index contributed by atoms with van der Waals surface area (Å²) in [5.74, 6) is -0.397. The minimum absolute atomic E-state index is 0.00832. The van der Waals surface area contributed by atoms with Crippen molar-refractivity contribution >= 4 is 50.5 Å². The van der Waals surface area contributed by atoms with E-state index in [2.05, 4.69) is 10.0 Å². The Morgan fingerprint density at radius 2 is 1.76 bits per heavy atom. The van der Waals surface area contributed by atoms with E-state index in [-0.39, 0.29) is 21.4 Å². The summed E-state index contributed by atoms with van der Waals surface area (Å²) >= 11 is 6.19. The molecule has 2 amide bonds. The normalized spacial score (nSPS) is 13.7. The smallest absolute Gasteiger partial charge is 0.263 e. The highest BCUT2D eigenvalue weighted by Gasteiger charge is 2.23. The van der Waals surface area contributed by atoms with Crippen LogP contribution < -0.4 is 14.9 Å². The molecule has 3 aromatic carbocycles. The molecule has 0 radical (unpaired) electrons. The maximum Gasteiger partial charge on any atom is 0.263 e. The largest absolute Gasteiger partial charge is 0.322 e. The van der Waals surface area contributed by atoms with Crippen LogP contribution in [0.4, 0.5) is 17.1 Å². The van der Waals surface area contributed by atoms with Crippen LogP contribution in [0, 0.1) is 13.8 Å². The number of anilines is 3. The van der Waals surface area contributed by atoms with Crippen molar-refractivity contribution in [3.8, 4) is 0 Å². The molecule has 0 unspecified atom stereocenters. The first kappa shape index (κ1) is 23.8. The topological polar surface area (TPSA) is 95.6 Å². The van der Waals surface area contributed by atoms with Gasteiger partial charge in [-0.25, -0.2) is 8.42 Å². The fourth-order valence-corrected chi connectivity index (χ4v) is 5.41. The minimum atomic E-state index is -4.03. The Kier molecular flexibility index (Phi) is 6.63. The van der Waals surface area contributed by atoms with Gasteiger partial charge in [-0.1, -0.05) is 23.7 Å². The van der Waals surface area contributed by atoms with Crippen LogP contribution in [0.25, 0.3) is 0 Å². The van der Waals surface area contributed by atoms with Gasteiger partial charge in [-0.05, 0) is 79.9 Å². The lowest BCUT2D eigenvalue weighted by molar-refractivity contribution is -0.117. The molecule has 1 aliphatic rings. The first-order valence-electron chi connectivity index (χ1n) is 10.8. The molecule has 1 fully saturated rings. The van der Waals surface area contributed by atoms with Gasteiger partial charge in [0.1, 0.15) is 4.90 Å². The van der Waals surface area contributed by atoms with Gasteiger partial charge in [0.25, 0.3) is 15.9 Å². The zero-order valence-electron chi connectivity index (χ0n) is 18.8. The zero-order valence-corrected chi connectivity index (χ0v) is 20.3. The number of aryl methyl sites for hydroxylation is 1. The second-order valence-electron chi connectivity index (χ2n) is 8.15. The lowest BCUT2D eigenvalue weighted by Gasteiger charge is -2.16. The maximum atomic E-state index is 13.0. The third kappa shape index (κ3) is 4.93. The SMILES string of the molecule is Cc1cccc(NS(=O)(=O)c2cc(C(=O)Nc3ccc(N4CCCC4=O)cc3)ccc2Cl)c1C. The zero-order chi connectivity index (χ0) is 24.5. The van der Waals surface area contributed by atoms with E-state index in [1.165, 1.54) is 18.2 Å². The molecular weight excluding hydrogens is 474 g/mol. The average Bonchev–Trinajstić information content (AvgIpc) is 3.23. The molecule has 34 heavy (non-hydrogen) atoms. The molecule has 3 aromatic rings. The molecule has 0 saturated carbocycles. The summed E-state index contributed by atoms with van der Waals surface area (Å²) in [5.41, 5.74) is 3.63. The Morgan fingerprint density at radius 1 is 1.03 bits per heavy atom. The lowest BCUT2D eigenvalue weighted by atomic mass is 10.1. The van der Waals surface area contributed by atoms with Crippen LogP contribution in [0.3, 0.4) is 0 Å². The number of rotatable bonds is 6. The monoisotopic (exact) mass is 497 g/mol. The Balaban J connectivity index is 1.53. The second kappa shape index (κ2) is 9.48. The third-order valence-electron chi connectivity index (χ3n) is 5.84. The van der Waals surface area contributed by atoms with E-state index in [9.17, 15) is 18.0 Å². The number of halogens is 1. The molecule has 0 aliphatic carbocycles. The van der Waals surface area contributed by atoms with Gasteiger partial charge in [0.2, 0.25) is 5.91 Å². The quantitative estimate of drug-likeness (QED) is 0.493. The lowest BCUT2D eigenvalue weighted by Crippen LogP contribution is -2.23. The molecule has 4 rings (SSSR count). The number of nitrogens with zero attached hydrogens (tertiary/aromatic N) is 1. The number of nitrogens with one attached hydrogen (secondary N) is 2. The van der Waals surface area contributed by atoms with Crippen LogP contribution in [-0.4, -0.2) is 26.8 Å². The number of amides is 2. The third-order valence-corrected chi connectivity index (χ3v) is 7.69. The van der Waals surface area contributed by atoms with Gasteiger partial charge < -0.3 is 10.2 Å². The summed E-state index contributed by atoms with van der Waals surface area (Å²) in [6, 6.07) is 16.4. The van der Waals surface area contributed by atoms with Crippen LogP contribution in [0.15, 0.2) is 65.6 Å². The van der Waals surface area contributed by atoms with E-state index >= 15 is 0 Å². The van der Waals surface area contributed by atoms with Gasteiger partial charge in [0.05, 0.1) is 10.7 Å². The molecule has 1 saturated heterocycles. The number of carbonyl (C=O) groups is 2. The summed E-state index contributed by atoms with van der Waals surface area (Å²) in [5, 5.41) is 2.76. The van der Waals surface area contributed by atoms with Crippen molar-refractivity contribution < 1.29 is 18.0 Å². The molecule has 176 valence electrons. The predicted molar refractivity (Wildman–Crippen MR) is 134 cm³/mol. The van der Waals surface area contributed by atoms with Gasteiger partial charge in [0, 0.05) is 29.9 Å². The van der Waals surface area contributed by atoms with Gasteiger partial charge in [-0.3, -0.25) is 14.3 Å². The van der Waals surface area contributed by atoms with Gasteiger partial charge in [-0.15, -0.1) is 0 Å². The first-order valence-corrected chi connectivity index (χ1v) is 12.6. The Bertz CT molecular complexity index is 1370. The maximum absolute atomic E-state index is 13.0. The highest BCUT2D eigenvalue weighted by atomic mass is 35.5. The highest BCUT2D eigenvalue weighted by Crippen LogP contribution is 2.28. The first-order chi connectivity index (χ1) is 16.2. The number of benzene rings is 3. The summed E-state index contributed by atoms with van der Waals surface area (Å²) in [6.45, 7) is 4.40. The number of hydrogen-bond donors (Lipinski definition) is 2. The molecule has 0 aromatic heterocycles. The van der Waals surface area contributed by atoms with Crippen molar-refractivity contribution in [2.45, 2.75) is 31.6 Å². The number of sulfonamides is 1. The Morgan fingerprint density at radius 3 is 2.44 bits per heavy atom. The van der Waals surface area contributed by atoms with Crippen molar-refractivity contribution in [3.05, 3.63) is 82.4 Å².